The van der Waals surface area contributed by atoms with Gasteiger partial charge in [-0.05, 0) is 5.56 Å². The van der Waals surface area contributed by atoms with Gasteiger partial charge in [-0.15, -0.1) is 0 Å². The molecule has 0 radical (unpaired) electrons. The van der Waals surface area contributed by atoms with Crippen molar-refractivity contribution in [3.05, 3.63) is 35.9 Å². The van der Waals surface area contributed by atoms with Crippen LogP contribution in [0.2, 0.25) is 0 Å². The third-order valence-electron chi connectivity index (χ3n) is 2.10. The number of hydrogen-bond acceptors (Lipinski definition) is 4. The highest BCUT2D eigenvalue weighted by Crippen LogP contribution is 2.00. The van der Waals surface area contributed by atoms with Crippen molar-refractivity contribution in [2.75, 3.05) is 13.1 Å². The van der Waals surface area contributed by atoms with Crippen LogP contribution < -0.4 is 16.4 Å². The molecule has 1 aromatic rings. The summed E-state index contributed by atoms with van der Waals surface area (Å²) in [5.41, 5.74) is 5.65. The van der Waals surface area contributed by atoms with Crippen LogP contribution in [0.15, 0.2) is 30.3 Å². The highest BCUT2D eigenvalue weighted by atomic mass is 16.5. The van der Waals surface area contributed by atoms with Crippen molar-refractivity contribution < 1.29 is 19.1 Å². The van der Waals surface area contributed by atoms with E-state index in [1.54, 1.807) is 0 Å². The molecule has 0 spiro atoms. The Morgan fingerprint density at radius 2 is 1.74 bits per heavy atom. The van der Waals surface area contributed by atoms with Crippen molar-refractivity contribution in [1.29, 1.82) is 0 Å². The van der Waals surface area contributed by atoms with E-state index < -0.39 is 17.9 Å². The number of nitrogens with one attached hydrogen (secondary N) is 2. The summed E-state index contributed by atoms with van der Waals surface area (Å²) in [5.74, 6) is -1.08. The maximum Gasteiger partial charge on any atom is 0.325 e. The molecule has 3 amide bonds. The SMILES string of the molecule is NC(=O)NCC(=O)NCC(=O)OCc1ccccc1. The summed E-state index contributed by atoms with van der Waals surface area (Å²) in [4.78, 5) is 32.8. The molecule has 0 aliphatic rings. The first-order chi connectivity index (χ1) is 9.08. The van der Waals surface area contributed by atoms with Crippen molar-refractivity contribution in [3.8, 4) is 0 Å². The molecule has 0 aliphatic carbocycles. The number of rotatable bonds is 6. The molecule has 0 aromatic heterocycles. The van der Waals surface area contributed by atoms with Gasteiger partial charge in [0.1, 0.15) is 13.2 Å². The van der Waals surface area contributed by atoms with Gasteiger partial charge in [-0.2, -0.15) is 0 Å². The second-order valence-electron chi connectivity index (χ2n) is 3.64. The second-order valence-corrected chi connectivity index (χ2v) is 3.64. The van der Waals surface area contributed by atoms with Crippen LogP contribution in [-0.2, 0) is 20.9 Å². The maximum atomic E-state index is 11.3. The smallest absolute Gasteiger partial charge is 0.325 e. The fourth-order valence-corrected chi connectivity index (χ4v) is 1.19. The van der Waals surface area contributed by atoms with Crippen molar-refractivity contribution >= 4 is 17.9 Å². The monoisotopic (exact) mass is 265 g/mol. The molecule has 7 nitrogen and oxygen atoms in total. The number of primary amides is 1. The van der Waals surface area contributed by atoms with Crippen LogP contribution in [0.25, 0.3) is 0 Å². The molecule has 19 heavy (non-hydrogen) atoms. The second kappa shape index (κ2) is 7.70. The summed E-state index contributed by atoms with van der Waals surface area (Å²) in [6, 6.07) is 8.37. The lowest BCUT2D eigenvalue weighted by molar-refractivity contribution is -0.145. The van der Waals surface area contributed by atoms with E-state index >= 15 is 0 Å². The fourth-order valence-electron chi connectivity index (χ4n) is 1.19. The van der Waals surface area contributed by atoms with E-state index in [2.05, 4.69) is 10.6 Å². The van der Waals surface area contributed by atoms with E-state index in [1.807, 2.05) is 30.3 Å². The number of esters is 1. The Bertz CT molecular complexity index is 448. The number of benzene rings is 1. The van der Waals surface area contributed by atoms with E-state index in [4.69, 9.17) is 10.5 Å². The molecule has 0 fully saturated rings. The molecule has 0 heterocycles. The third-order valence-corrected chi connectivity index (χ3v) is 2.10. The molecular formula is C12H15N3O4. The van der Waals surface area contributed by atoms with Gasteiger partial charge in [0.15, 0.2) is 0 Å². The standard InChI is InChI=1S/C12H15N3O4/c13-12(18)15-6-10(16)14-7-11(17)19-8-9-4-2-1-3-5-9/h1-5H,6-8H2,(H,14,16)(H3,13,15,18). The first kappa shape index (κ1) is 14.5. The Kier molecular flexibility index (Phi) is 5.87. The molecule has 102 valence electrons. The van der Waals surface area contributed by atoms with Gasteiger partial charge in [-0.1, -0.05) is 30.3 Å². The van der Waals surface area contributed by atoms with Gasteiger partial charge in [-0.25, -0.2) is 4.79 Å². The minimum Gasteiger partial charge on any atom is -0.460 e. The Morgan fingerprint density at radius 3 is 2.37 bits per heavy atom. The van der Waals surface area contributed by atoms with E-state index in [0.717, 1.165) is 5.56 Å². The molecule has 0 aliphatic heterocycles. The minimum absolute atomic E-state index is 0.148. The van der Waals surface area contributed by atoms with E-state index in [0.29, 0.717) is 0 Å². The average molecular weight is 265 g/mol. The lowest BCUT2D eigenvalue weighted by atomic mass is 10.2. The topological polar surface area (TPSA) is 111 Å². The number of carbonyl (C=O) groups is 3. The zero-order valence-corrected chi connectivity index (χ0v) is 10.2. The van der Waals surface area contributed by atoms with Gasteiger partial charge in [-0.3, -0.25) is 9.59 Å². The molecular weight excluding hydrogens is 250 g/mol. The van der Waals surface area contributed by atoms with Gasteiger partial charge in [0.2, 0.25) is 5.91 Å². The zero-order chi connectivity index (χ0) is 14.1. The van der Waals surface area contributed by atoms with Gasteiger partial charge >= 0.3 is 12.0 Å². The lowest BCUT2D eigenvalue weighted by Crippen LogP contribution is -2.41. The first-order valence-corrected chi connectivity index (χ1v) is 5.57. The molecule has 0 atom stereocenters. The van der Waals surface area contributed by atoms with E-state index in [9.17, 15) is 14.4 Å². The number of nitrogens with two attached hydrogens (primary N) is 1. The number of urea groups is 1. The summed E-state index contributed by atoms with van der Waals surface area (Å²) in [6.45, 7) is -0.386. The molecule has 1 aromatic carbocycles. The van der Waals surface area contributed by atoms with Crippen LogP contribution in [0.3, 0.4) is 0 Å². The Balaban J connectivity index is 2.17. The average Bonchev–Trinajstić information content (AvgIpc) is 2.41. The van der Waals surface area contributed by atoms with Crippen LogP contribution in [0.1, 0.15) is 5.56 Å². The van der Waals surface area contributed by atoms with Crippen molar-refractivity contribution in [3.63, 3.8) is 0 Å². The van der Waals surface area contributed by atoms with Crippen LogP contribution in [0.4, 0.5) is 4.79 Å². The Morgan fingerprint density at radius 1 is 1.05 bits per heavy atom. The van der Waals surface area contributed by atoms with Crippen molar-refractivity contribution in [2.45, 2.75) is 6.61 Å². The maximum absolute atomic E-state index is 11.3. The molecule has 0 bridgehead atoms. The molecule has 4 N–H and O–H groups in total. The lowest BCUT2D eigenvalue weighted by Gasteiger charge is -2.06. The number of carbonyl (C=O) groups excluding carboxylic acids is 3. The predicted octanol–water partition coefficient (Wildman–Crippen LogP) is -0.486. The van der Waals surface area contributed by atoms with Gasteiger partial charge < -0.3 is 21.1 Å². The number of amides is 3. The summed E-state index contributed by atoms with van der Waals surface area (Å²) in [7, 11) is 0. The largest absolute Gasteiger partial charge is 0.460 e. The zero-order valence-electron chi connectivity index (χ0n) is 10.2. The van der Waals surface area contributed by atoms with E-state index in [1.165, 1.54) is 0 Å². The highest BCUT2D eigenvalue weighted by Gasteiger charge is 2.07. The summed E-state index contributed by atoms with van der Waals surface area (Å²) < 4.78 is 4.94. The Labute approximate surface area is 110 Å². The summed E-state index contributed by atoms with van der Waals surface area (Å²) in [6.07, 6.45) is 0. The third kappa shape index (κ3) is 6.67. The van der Waals surface area contributed by atoms with Gasteiger partial charge in [0.05, 0.1) is 6.54 Å². The minimum atomic E-state index is -0.804. The van der Waals surface area contributed by atoms with Crippen LogP contribution in [0.5, 0.6) is 0 Å². The molecule has 7 heteroatoms. The Hall–Kier alpha value is -2.57. The van der Waals surface area contributed by atoms with Crippen LogP contribution in [-0.4, -0.2) is 31.0 Å². The molecule has 0 saturated heterocycles. The van der Waals surface area contributed by atoms with E-state index in [-0.39, 0.29) is 19.7 Å². The van der Waals surface area contributed by atoms with Gasteiger partial charge in [0.25, 0.3) is 0 Å². The molecule has 0 saturated carbocycles. The first-order valence-electron chi connectivity index (χ1n) is 5.57. The predicted molar refractivity (Wildman–Crippen MR) is 66.8 cm³/mol. The number of ether oxygens (including phenoxy) is 1. The van der Waals surface area contributed by atoms with Crippen molar-refractivity contribution in [1.82, 2.24) is 10.6 Å². The highest BCUT2D eigenvalue weighted by molar-refractivity contribution is 5.86. The van der Waals surface area contributed by atoms with Crippen LogP contribution >= 0.6 is 0 Å². The van der Waals surface area contributed by atoms with Crippen molar-refractivity contribution in [2.24, 2.45) is 5.73 Å². The number of hydrogen-bond donors (Lipinski definition) is 3. The summed E-state index contributed by atoms with van der Waals surface area (Å²) >= 11 is 0. The van der Waals surface area contributed by atoms with Crippen LogP contribution in [0, 0.1) is 0 Å². The molecule has 1 rings (SSSR count). The van der Waals surface area contributed by atoms with Gasteiger partial charge in [0, 0.05) is 0 Å². The summed E-state index contributed by atoms with van der Waals surface area (Å²) in [5, 5.41) is 4.39. The normalized spacial score (nSPS) is 9.47. The fraction of sp³-hybridized carbons (Fsp3) is 0.250. The molecule has 0 unspecified atom stereocenters. The quantitative estimate of drug-likeness (QED) is 0.603.